The highest BCUT2D eigenvalue weighted by molar-refractivity contribution is 7.99. The zero-order chi connectivity index (χ0) is 16.4. The van der Waals surface area contributed by atoms with Gasteiger partial charge in [-0.25, -0.2) is 4.98 Å². The van der Waals surface area contributed by atoms with Gasteiger partial charge in [-0.1, -0.05) is 29.5 Å². The van der Waals surface area contributed by atoms with Crippen molar-refractivity contribution in [2.24, 2.45) is 0 Å². The molecular formula is C15H15N5O2S. The van der Waals surface area contributed by atoms with E-state index in [1.54, 1.807) is 0 Å². The molecule has 3 aromatic rings. The van der Waals surface area contributed by atoms with Gasteiger partial charge >= 0.3 is 0 Å². The van der Waals surface area contributed by atoms with Crippen molar-refractivity contribution in [1.82, 2.24) is 20.2 Å². The van der Waals surface area contributed by atoms with Crippen molar-refractivity contribution in [3.63, 3.8) is 0 Å². The molecule has 2 heterocycles. The normalized spacial score (nSPS) is 12.3. The van der Waals surface area contributed by atoms with Gasteiger partial charge in [-0.15, -0.1) is 10.2 Å². The molecule has 0 bridgehead atoms. The lowest BCUT2D eigenvalue weighted by atomic mass is 10.1. The van der Waals surface area contributed by atoms with Crippen LogP contribution in [-0.2, 0) is 0 Å². The number of nitrogens with two attached hydrogens (primary N) is 1. The van der Waals surface area contributed by atoms with E-state index in [-0.39, 0.29) is 16.6 Å². The Morgan fingerprint density at radius 3 is 2.70 bits per heavy atom. The first kappa shape index (κ1) is 15.3. The van der Waals surface area contributed by atoms with Crippen molar-refractivity contribution in [3.8, 4) is 11.5 Å². The van der Waals surface area contributed by atoms with Crippen molar-refractivity contribution >= 4 is 17.6 Å². The number of aromatic nitrogens is 4. The molecule has 3 rings (SSSR count). The molecule has 0 fully saturated rings. The van der Waals surface area contributed by atoms with Gasteiger partial charge in [-0.2, -0.15) is 0 Å². The van der Waals surface area contributed by atoms with Gasteiger partial charge in [0.25, 0.3) is 5.56 Å². The van der Waals surface area contributed by atoms with E-state index in [1.807, 2.05) is 38.1 Å². The van der Waals surface area contributed by atoms with Crippen LogP contribution in [0.1, 0.15) is 23.6 Å². The second-order valence-electron chi connectivity index (χ2n) is 5.05. The molecule has 1 aromatic carbocycles. The maximum Gasteiger partial charge on any atom is 0.253 e. The van der Waals surface area contributed by atoms with Gasteiger partial charge in [0.05, 0.1) is 5.25 Å². The van der Waals surface area contributed by atoms with Crippen LogP contribution in [0, 0.1) is 6.92 Å². The van der Waals surface area contributed by atoms with Crippen LogP contribution in [-0.4, -0.2) is 20.2 Å². The average Bonchev–Trinajstić information content (AvgIpc) is 2.97. The fourth-order valence-electron chi connectivity index (χ4n) is 1.94. The molecule has 0 saturated carbocycles. The SMILES string of the molecule is Cc1ccc(-c2nnc([C@H](C)Sc3nc(N)cc(=O)[nH]3)o2)cc1. The first-order valence-corrected chi connectivity index (χ1v) is 7.83. The van der Waals surface area contributed by atoms with Crippen molar-refractivity contribution in [3.05, 3.63) is 52.1 Å². The number of aryl methyl sites for hydroxylation is 1. The third-order valence-electron chi connectivity index (χ3n) is 3.12. The molecule has 0 unspecified atom stereocenters. The molecule has 0 amide bonds. The highest BCUT2D eigenvalue weighted by Crippen LogP contribution is 2.33. The second kappa shape index (κ2) is 6.25. The van der Waals surface area contributed by atoms with Crippen molar-refractivity contribution in [1.29, 1.82) is 0 Å². The van der Waals surface area contributed by atoms with Crippen LogP contribution in [0.5, 0.6) is 0 Å². The molecule has 7 nitrogen and oxygen atoms in total. The zero-order valence-electron chi connectivity index (χ0n) is 12.6. The number of rotatable bonds is 4. The number of nitrogen functional groups attached to an aromatic ring is 1. The topological polar surface area (TPSA) is 111 Å². The van der Waals surface area contributed by atoms with E-state index in [0.29, 0.717) is 16.9 Å². The summed E-state index contributed by atoms with van der Waals surface area (Å²) in [6, 6.07) is 9.07. The average molecular weight is 329 g/mol. The van der Waals surface area contributed by atoms with Crippen LogP contribution in [0.2, 0.25) is 0 Å². The maximum absolute atomic E-state index is 11.4. The second-order valence-corrected chi connectivity index (χ2v) is 6.38. The molecule has 0 saturated heterocycles. The van der Waals surface area contributed by atoms with E-state index >= 15 is 0 Å². The van der Waals surface area contributed by atoms with Gasteiger partial charge in [0.15, 0.2) is 5.16 Å². The van der Waals surface area contributed by atoms with Crippen LogP contribution in [0.15, 0.2) is 44.7 Å². The van der Waals surface area contributed by atoms with Crippen LogP contribution in [0.3, 0.4) is 0 Å². The monoisotopic (exact) mass is 329 g/mol. The highest BCUT2D eigenvalue weighted by atomic mass is 32.2. The Hall–Kier alpha value is -2.61. The lowest BCUT2D eigenvalue weighted by Gasteiger charge is -2.05. The highest BCUT2D eigenvalue weighted by Gasteiger charge is 2.17. The summed E-state index contributed by atoms with van der Waals surface area (Å²) in [5.41, 5.74) is 7.30. The van der Waals surface area contributed by atoms with Crippen LogP contribution < -0.4 is 11.3 Å². The van der Waals surface area contributed by atoms with Gasteiger partial charge in [0, 0.05) is 11.6 Å². The molecule has 2 aromatic heterocycles. The van der Waals surface area contributed by atoms with Crippen LogP contribution in [0.25, 0.3) is 11.5 Å². The molecule has 0 aliphatic rings. The Morgan fingerprint density at radius 2 is 2.00 bits per heavy atom. The summed E-state index contributed by atoms with van der Waals surface area (Å²) in [6.07, 6.45) is 0. The zero-order valence-corrected chi connectivity index (χ0v) is 13.4. The molecule has 1 atom stereocenters. The number of anilines is 1. The number of aromatic amines is 1. The Morgan fingerprint density at radius 1 is 1.26 bits per heavy atom. The molecule has 23 heavy (non-hydrogen) atoms. The standard InChI is InChI=1S/C15H15N5O2S/c1-8-3-5-10(6-4-8)14-20-19-13(22-14)9(2)23-15-17-11(16)7-12(21)18-15/h3-7,9H,1-2H3,(H3,16,17,18,21)/t9-/m0/s1. The summed E-state index contributed by atoms with van der Waals surface area (Å²) in [4.78, 5) is 18.1. The summed E-state index contributed by atoms with van der Waals surface area (Å²) < 4.78 is 5.71. The largest absolute Gasteiger partial charge is 0.419 e. The smallest absolute Gasteiger partial charge is 0.253 e. The predicted molar refractivity (Wildman–Crippen MR) is 88.0 cm³/mol. The summed E-state index contributed by atoms with van der Waals surface area (Å²) in [6.45, 7) is 3.90. The summed E-state index contributed by atoms with van der Waals surface area (Å²) >= 11 is 1.29. The molecule has 0 aliphatic carbocycles. The molecular weight excluding hydrogens is 314 g/mol. The molecule has 0 aliphatic heterocycles. The van der Waals surface area contributed by atoms with E-state index < -0.39 is 0 Å². The van der Waals surface area contributed by atoms with E-state index in [4.69, 9.17) is 10.2 Å². The van der Waals surface area contributed by atoms with Crippen LogP contribution >= 0.6 is 11.8 Å². The number of hydrogen-bond acceptors (Lipinski definition) is 7. The Balaban J connectivity index is 1.79. The third kappa shape index (κ3) is 3.59. The van der Waals surface area contributed by atoms with E-state index in [0.717, 1.165) is 11.1 Å². The first-order valence-electron chi connectivity index (χ1n) is 6.95. The lowest BCUT2D eigenvalue weighted by Crippen LogP contribution is -2.09. The van der Waals surface area contributed by atoms with E-state index in [2.05, 4.69) is 20.2 Å². The van der Waals surface area contributed by atoms with Crippen molar-refractivity contribution in [2.45, 2.75) is 24.3 Å². The molecule has 3 N–H and O–H groups in total. The van der Waals surface area contributed by atoms with Gasteiger partial charge in [0.2, 0.25) is 11.8 Å². The van der Waals surface area contributed by atoms with Gasteiger partial charge in [0.1, 0.15) is 5.82 Å². The minimum Gasteiger partial charge on any atom is -0.419 e. The minimum absolute atomic E-state index is 0.174. The number of benzene rings is 1. The number of nitrogens with zero attached hydrogens (tertiary/aromatic N) is 3. The predicted octanol–water partition coefficient (Wildman–Crippen LogP) is 2.56. The Kier molecular flexibility index (Phi) is 4.16. The van der Waals surface area contributed by atoms with Gasteiger partial charge < -0.3 is 15.1 Å². The molecule has 0 spiro atoms. The van der Waals surface area contributed by atoms with Gasteiger partial charge in [-0.05, 0) is 26.0 Å². The number of nitrogens with one attached hydrogen (secondary N) is 1. The third-order valence-corrected chi connectivity index (χ3v) is 4.09. The molecule has 8 heteroatoms. The maximum atomic E-state index is 11.4. The summed E-state index contributed by atoms with van der Waals surface area (Å²) in [7, 11) is 0. The molecule has 0 radical (unpaired) electrons. The first-order chi connectivity index (χ1) is 11.0. The van der Waals surface area contributed by atoms with E-state index in [9.17, 15) is 4.79 Å². The Labute approximate surface area is 136 Å². The van der Waals surface area contributed by atoms with Crippen molar-refractivity contribution < 1.29 is 4.42 Å². The summed E-state index contributed by atoms with van der Waals surface area (Å²) in [5, 5.41) is 8.37. The van der Waals surface area contributed by atoms with E-state index in [1.165, 1.54) is 17.8 Å². The van der Waals surface area contributed by atoms with Crippen molar-refractivity contribution in [2.75, 3.05) is 5.73 Å². The fraction of sp³-hybridized carbons (Fsp3) is 0.200. The molecule has 118 valence electrons. The number of hydrogen-bond donors (Lipinski definition) is 2. The number of H-pyrrole nitrogens is 1. The quantitative estimate of drug-likeness (QED) is 0.559. The number of thioether (sulfide) groups is 1. The Bertz CT molecular complexity index is 872. The fourth-order valence-corrected chi connectivity index (χ4v) is 2.79. The van der Waals surface area contributed by atoms with Crippen LogP contribution in [0.4, 0.5) is 5.82 Å². The minimum atomic E-state index is -0.293. The van der Waals surface area contributed by atoms with Gasteiger partial charge in [-0.3, -0.25) is 4.79 Å². The summed E-state index contributed by atoms with van der Waals surface area (Å²) in [5.74, 6) is 1.09. The lowest BCUT2D eigenvalue weighted by molar-refractivity contribution is 0.509.